The first-order valence-electron chi connectivity index (χ1n) is 6.20. The van der Waals surface area contributed by atoms with Gasteiger partial charge in [-0.2, -0.15) is 0 Å². The maximum absolute atomic E-state index is 11.9. The highest BCUT2D eigenvalue weighted by molar-refractivity contribution is 5.95. The van der Waals surface area contributed by atoms with Gasteiger partial charge in [-0.3, -0.25) is 4.79 Å². The van der Waals surface area contributed by atoms with Crippen LogP contribution in [0.3, 0.4) is 0 Å². The van der Waals surface area contributed by atoms with Crippen molar-refractivity contribution >= 4 is 12.0 Å². The second-order valence-corrected chi connectivity index (χ2v) is 4.76. The molecule has 1 saturated heterocycles. The number of rotatable bonds is 1. The Labute approximate surface area is 98.2 Å². The number of amides is 2. The zero-order chi connectivity index (χ0) is 14.3. The summed E-state index contributed by atoms with van der Waals surface area (Å²) in [6, 6.07) is -1.03. The van der Waals surface area contributed by atoms with Crippen LogP contribution in [0.15, 0.2) is 0 Å². The van der Waals surface area contributed by atoms with Crippen molar-refractivity contribution in [3.05, 3.63) is 0 Å². The van der Waals surface area contributed by atoms with E-state index in [1.165, 1.54) is 6.92 Å². The molecular weight excluding hydrogens is 211 g/mol. The molecule has 2 amide bonds. The van der Waals surface area contributed by atoms with Gasteiger partial charge in [-0.15, -0.1) is 0 Å². The van der Waals surface area contributed by atoms with Gasteiger partial charge in [-0.25, -0.2) is 9.69 Å². The Kier molecular flexibility index (Phi) is 2.78. The van der Waals surface area contributed by atoms with Crippen LogP contribution in [0.5, 0.6) is 0 Å². The molecule has 92 valence electrons. The lowest BCUT2D eigenvalue weighted by atomic mass is 10.1. The average Bonchev–Trinajstić information content (AvgIpc) is 2.36. The van der Waals surface area contributed by atoms with E-state index in [1.807, 2.05) is 0 Å². The number of ether oxygens (including phenoxy) is 1. The van der Waals surface area contributed by atoms with E-state index in [0.29, 0.717) is 4.90 Å². The van der Waals surface area contributed by atoms with Gasteiger partial charge in [-0.1, -0.05) is 6.92 Å². The largest absolute Gasteiger partial charge is 0.443 e. The molecule has 0 aliphatic carbocycles. The fourth-order valence-corrected chi connectivity index (χ4v) is 1.44. The third kappa shape index (κ3) is 2.72. The molecule has 16 heavy (non-hydrogen) atoms. The molecule has 3 atom stereocenters. The number of hydrogen-bond donors (Lipinski definition) is 1. The van der Waals surface area contributed by atoms with Crippen molar-refractivity contribution in [1.29, 1.82) is 0 Å². The summed E-state index contributed by atoms with van der Waals surface area (Å²) in [6.45, 7) is 5.67. The number of aliphatic hydroxyl groups excluding tert-OH is 1. The third-order valence-electron chi connectivity index (χ3n) is 2.11. The molecule has 1 heterocycles. The van der Waals surface area contributed by atoms with Gasteiger partial charge < -0.3 is 9.84 Å². The number of aliphatic hydroxyl groups is 1. The summed E-state index contributed by atoms with van der Waals surface area (Å²) in [6.07, 6.45) is -2.11. The van der Waals surface area contributed by atoms with Crippen molar-refractivity contribution in [3.63, 3.8) is 0 Å². The highest BCUT2D eigenvalue weighted by Gasteiger charge is 2.42. The Bertz CT molecular complexity index is 365. The average molecular weight is 232 g/mol. The Morgan fingerprint density at radius 1 is 1.75 bits per heavy atom. The molecule has 5 heteroatoms. The van der Waals surface area contributed by atoms with Crippen molar-refractivity contribution in [1.82, 2.24) is 4.90 Å². The second kappa shape index (κ2) is 4.41. The van der Waals surface area contributed by atoms with Crippen LogP contribution in [-0.4, -0.2) is 40.3 Å². The molecule has 0 unspecified atom stereocenters. The van der Waals surface area contributed by atoms with E-state index >= 15 is 0 Å². The van der Waals surface area contributed by atoms with Gasteiger partial charge >= 0.3 is 6.09 Å². The van der Waals surface area contributed by atoms with Crippen molar-refractivity contribution in [3.8, 4) is 0 Å². The van der Waals surface area contributed by atoms with Crippen LogP contribution in [0.25, 0.3) is 0 Å². The van der Waals surface area contributed by atoms with Gasteiger partial charge in [0, 0.05) is 8.64 Å². The monoisotopic (exact) mass is 232 g/mol. The standard InChI is InChI=1S/C11H19NO4/c1-7-5-8(6-13)12(9(7)14)10(15)16-11(2,3)4/h7-8,13H,5-6H2,1-4H3/t7-,8-/m0/s1/i1+1,5D,7D/t5-,7-,8-. The minimum atomic E-state index is -1.75. The second-order valence-electron chi connectivity index (χ2n) is 4.76. The van der Waals surface area contributed by atoms with Crippen molar-refractivity contribution in [2.24, 2.45) is 5.89 Å². The van der Waals surface area contributed by atoms with Crippen LogP contribution in [0.2, 0.25) is 0 Å². The summed E-state index contributed by atoms with van der Waals surface area (Å²) >= 11 is 0. The molecule has 0 radical (unpaired) electrons. The van der Waals surface area contributed by atoms with E-state index in [-0.39, 0.29) is 0 Å². The molecule has 5 nitrogen and oxygen atoms in total. The first-order chi connectivity index (χ1) is 8.02. The fraction of sp³-hybridized carbons (Fsp3) is 0.818. The summed E-state index contributed by atoms with van der Waals surface area (Å²) < 4.78 is 20.6. The van der Waals surface area contributed by atoms with Gasteiger partial charge in [0.15, 0.2) is 0 Å². The Hall–Kier alpha value is -1.10. The molecule has 0 aromatic rings. The molecule has 1 aliphatic rings. The number of hydrogen-bond acceptors (Lipinski definition) is 4. The van der Waals surface area contributed by atoms with E-state index in [1.54, 1.807) is 20.8 Å². The van der Waals surface area contributed by atoms with Gasteiger partial charge in [0.2, 0.25) is 5.91 Å². The Morgan fingerprint density at radius 2 is 2.31 bits per heavy atom. The lowest BCUT2D eigenvalue weighted by molar-refractivity contribution is -0.131. The van der Waals surface area contributed by atoms with Crippen molar-refractivity contribution in [2.75, 3.05) is 6.61 Å². The zero-order valence-corrected chi connectivity index (χ0v) is 9.98. The third-order valence-corrected chi connectivity index (χ3v) is 2.11. The molecule has 0 aromatic heterocycles. The summed E-state index contributed by atoms with van der Waals surface area (Å²) in [5.74, 6) is -2.56. The van der Waals surface area contributed by atoms with Crippen LogP contribution in [0.1, 0.15) is 36.8 Å². The summed E-state index contributed by atoms with van der Waals surface area (Å²) in [5.41, 5.74) is -0.782. The van der Waals surface area contributed by atoms with Gasteiger partial charge in [0.25, 0.3) is 0 Å². The summed E-state index contributed by atoms with van der Waals surface area (Å²) in [7, 11) is 0. The Morgan fingerprint density at radius 3 is 2.75 bits per heavy atom. The van der Waals surface area contributed by atoms with Crippen LogP contribution in [0.4, 0.5) is 4.79 Å². The lowest BCUT2D eigenvalue weighted by Gasteiger charge is -2.26. The molecule has 0 spiro atoms. The van der Waals surface area contributed by atoms with Gasteiger partial charge in [-0.05, 0) is 27.2 Å². The number of imide groups is 1. The van der Waals surface area contributed by atoms with Crippen LogP contribution >= 0.6 is 0 Å². The highest BCUT2D eigenvalue weighted by Crippen LogP contribution is 2.26. The van der Waals surface area contributed by atoms with Gasteiger partial charge in [0.1, 0.15) is 5.60 Å². The molecule has 0 aromatic carbocycles. The molecule has 1 rings (SSSR count). The van der Waals surface area contributed by atoms with Crippen molar-refractivity contribution in [2.45, 2.75) is 45.7 Å². The number of nitrogens with zero attached hydrogens (tertiary/aromatic N) is 1. The number of carbonyl (C=O) groups is 2. The summed E-state index contributed by atoms with van der Waals surface area (Å²) in [4.78, 5) is 24.5. The number of carbonyl (C=O) groups excluding carboxylic acids is 2. The lowest BCUT2D eigenvalue weighted by Crippen LogP contribution is -2.44. The zero-order valence-electron chi connectivity index (χ0n) is 12.0. The van der Waals surface area contributed by atoms with Crippen LogP contribution < -0.4 is 0 Å². The van der Waals surface area contributed by atoms with Crippen molar-refractivity contribution < 1.29 is 22.2 Å². The minimum absolute atomic E-state index is 0.548. The SMILES string of the molecule is [2H][C@@H]1[C@@H](CO)N(C(=O)OC(C)(C)C)C(=O)[C@@]1([2H])[13CH3]. The number of likely N-dealkylation sites (tertiary alicyclic amines) is 1. The molecular formula is C11H19NO4. The smallest absolute Gasteiger partial charge is 0.417 e. The molecule has 1 aliphatic heterocycles. The quantitative estimate of drug-likeness (QED) is 0.689. The molecule has 0 bridgehead atoms. The molecule has 1 fully saturated rings. The predicted octanol–water partition coefficient (Wildman–Crippen LogP) is 1.15. The Balaban J connectivity index is 3.00. The van der Waals surface area contributed by atoms with E-state index in [0.717, 1.165) is 0 Å². The van der Waals surface area contributed by atoms with Gasteiger partial charge in [0.05, 0.1) is 12.6 Å². The maximum Gasteiger partial charge on any atom is 0.417 e. The van der Waals surface area contributed by atoms with E-state index in [4.69, 9.17) is 7.48 Å². The van der Waals surface area contributed by atoms with Crippen LogP contribution in [-0.2, 0) is 9.53 Å². The normalized spacial score (nSPS) is 37.1. The fourth-order valence-electron chi connectivity index (χ4n) is 1.44. The minimum Gasteiger partial charge on any atom is -0.443 e. The van der Waals surface area contributed by atoms with E-state index in [2.05, 4.69) is 0 Å². The van der Waals surface area contributed by atoms with E-state index < -0.39 is 42.5 Å². The first-order valence-corrected chi connectivity index (χ1v) is 5.12. The van der Waals surface area contributed by atoms with Crippen LogP contribution in [0, 0.1) is 5.89 Å². The van der Waals surface area contributed by atoms with E-state index in [9.17, 15) is 14.7 Å². The predicted molar refractivity (Wildman–Crippen MR) is 57.7 cm³/mol. The summed E-state index contributed by atoms with van der Waals surface area (Å²) in [5, 5.41) is 9.20. The maximum atomic E-state index is 11.9. The highest BCUT2D eigenvalue weighted by atomic mass is 16.6. The topological polar surface area (TPSA) is 66.8 Å². The molecule has 1 N–H and O–H groups in total. The molecule has 0 saturated carbocycles. The first kappa shape index (κ1) is 10.1.